The van der Waals surface area contributed by atoms with Crippen molar-refractivity contribution in [3.8, 4) is 0 Å². The molecule has 4 heterocycles. The first-order valence-electron chi connectivity index (χ1n) is 13.5. The summed E-state index contributed by atoms with van der Waals surface area (Å²) in [5.41, 5.74) is 7.23. The summed E-state index contributed by atoms with van der Waals surface area (Å²) < 4.78 is 21.6. The monoisotopic (exact) mass is 609 g/mol. The number of methoxy groups -OCH3 is 1. The minimum atomic E-state index is -0.741. The second-order valence-electron chi connectivity index (χ2n) is 9.98. The van der Waals surface area contributed by atoms with E-state index in [0.717, 1.165) is 55.4 Å². The summed E-state index contributed by atoms with van der Waals surface area (Å²) in [7, 11) is 1.70. The molecule has 222 valence electrons. The van der Waals surface area contributed by atoms with Crippen LogP contribution >= 0.6 is 23.1 Å². The van der Waals surface area contributed by atoms with E-state index in [1.54, 1.807) is 31.9 Å². The predicted octanol–water partition coefficient (Wildman–Crippen LogP) is 5.08. The number of halogens is 1. The number of carbonyl (C=O) groups excluding carboxylic acids is 1. The van der Waals surface area contributed by atoms with Crippen LogP contribution in [0.4, 0.5) is 15.3 Å². The van der Waals surface area contributed by atoms with Gasteiger partial charge in [-0.15, -0.1) is 0 Å². The second-order valence-corrected chi connectivity index (χ2v) is 12.4. The van der Waals surface area contributed by atoms with E-state index in [1.165, 1.54) is 23.6 Å². The first-order valence-corrected chi connectivity index (χ1v) is 15.2. The first kappa shape index (κ1) is 31.4. The maximum atomic E-state index is 15.7. The number of nitrogens with one attached hydrogen (secondary N) is 2. The molecule has 1 saturated heterocycles. The number of anilines is 2. The molecule has 4 N–H and O–H groups in total. The number of hydrogen-bond donors (Lipinski definition) is 3. The molecular formula is C30H36FN7O2S2. The van der Waals surface area contributed by atoms with Crippen molar-refractivity contribution in [2.45, 2.75) is 29.4 Å². The number of thioether (sulfide) groups is 1. The molecule has 3 aromatic heterocycles. The van der Waals surface area contributed by atoms with E-state index in [2.05, 4.69) is 37.1 Å². The molecule has 0 saturated carbocycles. The highest BCUT2D eigenvalue weighted by molar-refractivity contribution is 8.05. The van der Waals surface area contributed by atoms with Crippen molar-refractivity contribution in [2.75, 3.05) is 45.2 Å². The minimum Gasteiger partial charge on any atom is -0.405 e. The lowest BCUT2D eigenvalue weighted by Gasteiger charge is -2.42. The lowest BCUT2D eigenvalue weighted by molar-refractivity contribution is -0.117. The fourth-order valence-corrected chi connectivity index (χ4v) is 6.64. The number of aromatic nitrogens is 3. The van der Waals surface area contributed by atoms with Crippen LogP contribution in [-0.2, 0) is 14.9 Å². The molecule has 0 atom stereocenters. The highest BCUT2D eigenvalue weighted by Crippen LogP contribution is 2.38. The van der Waals surface area contributed by atoms with Gasteiger partial charge in [0.05, 0.1) is 27.5 Å². The highest BCUT2D eigenvalue weighted by atomic mass is 32.2. The lowest BCUT2D eigenvalue weighted by Crippen LogP contribution is -2.49. The molecule has 1 aliphatic rings. The molecule has 0 spiro atoms. The van der Waals surface area contributed by atoms with Gasteiger partial charge in [-0.3, -0.25) is 9.78 Å². The third-order valence-corrected chi connectivity index (χ3v) is 9.20. The van der Waals surface area contributed by atoms with E-state index >= 15 is 4.39 Å². The summed E-state index contributed by atoms with van der Waals surface area (Å²) in [5.74, 6) is -0.641. The fraction of sp³-hybridized carbons (Fsp3) is 0.333. The molecule has 0 bridgehead atoms. The van der Waals surface area contributed by atoms with Gasteiger partial charge >= 0.3 is 0 Å². The second kappa shape index (κ2) is 15.1. The fourth-order valence-electron chi connectivity index (χ4n) is 4.73. The van der Waals surface area contributed by atoms with Gasteiger partial charge in [0.15, 0.2) is 5.13 Å². The molecule has 0 radical (unpaired) electrons. The van der Waals surface area contributed by atoms with Crippen LogP contribution in [0.5, 0.6) is 0 Å². The van der Waals surface area contributed by atoms with Crippen molar-refractivity contribution < 1.29 is 13.9 Å². The van der Waals surface area contributed by atoms with Crippen LogP contribution in [0.3, 0.4) is 0 Å². The lowest BCUT2D eigenvalue weighted by atomic mass is 9.73. The minimum absolute atomic E-state index is 0.164. The number of aryl methyl sites for hydroxylation is 1. The average Bonchev–Trinajstić information content (AvgIpc) is 3.45. The van der Waals surface area contributed by atoms with Gasteiger partial charge in [0.2, 0.25) is 0 Å². The van der Waals surface area contributed by atoms with E-state index in [-0.39, 0.29) is 15.9 Å². The standard InChI is InChI=1S/C30H36FN7O2S2/c1-21-5-13-34-25(18-21)37-29-35-19-26(42-29)41-24(4-10-32)27(31)22(2)28(39)36-20-30(23-6-11-33-12-7-23)8-14-38(15-9-30)16-17-40-3/h4-7,10-13,18-19H,2,8-9,14-17,20,32H2,1,3H3,(H,36,39)(H,34,35,37)/b10-4-,27-24-. The van der Waals surface area contributed by atoms with Gasteiger partial charge in [-0.1, -0.05) is 29.7 Å². The number of hydrogen-bond acceptors (Lipinski definition) is 10. The molecule has 0 aromatic carbocycles. The molecule has 4 rings (SSSR count). The molecule has 9 nitrogen and oxygen atoms in total. The van der Waals surface area contributed by atoms with E-state index in [1.807, 2.05) is 31.2 Å². The number of carbonyl (C=O) groups is 1. The summed E-state index contributed by atoms with van der Waals surface area (Å²) in [6, 6.07) is 7.78. The normalized spacial score (nSPS) is 15.8. The number of rotatable bonds is 13. The summed E-state index contributed by atoms with van der Waals surface area (Å²) in [6.07, 6.45) is 11.2. The van der Waals surface area contributed by atoms with Gasteiger partial charge in [-0.2, -0.15) is 0 Å². The van der Waals surface area contributed by atoms with Crippen molar-refractivity contribution in [2.24, 2.45) is 5.73 Å². The van der Waals surface area contributed by atoms with Gasteiger partial charge in [0.1, 0.15) is 11.6 Å². The topological polar surface area (TPSA) is 118 Å². The third-order valence-electron chi connectivity index (χ3n) is 7.15. The predicted molar refractivity (Wildman–Crippen MR) is 167 cm³/mol. The van der Waals surface area contributed by atoms with Crippen LogP contribution in [-0.4, -0.2) is 65.7 Å². The van der Waals surface area contributed by atoms with Crippen LogP contribution in [0.25, 0.3) is 0 Å². The molecule has 1 fully saturated rings. The SMILES string of the molecule is C=C(C(=O)NCC1(c2ccncc2)CCN(CCOC)CC1)/C(F)=C(\C=C/N)Sc1cnc(Nc2cc(C)ccn2)s1. The molecule has 1 amide bonds. The summed E-state index contributed by atoms with van der Waals surface area (Å²) in [6.45, 7) is 9.37. The van der Waals surface area contributed by atoms with Crippen molar-refractivity contribution in [1.29, 1.82) is 0 Å². The largest absolute Gasteiger partial charge is 0.405 e. The Labute approximate surface area is 254 Å². The molecule has 12 heteroatoms. The number of ether oxygens (including phenoxy) is 1. The van der Waals surface area contributed by atoms with Crippen LogP contribution in [0.2, 0.25) is 0 Å². The van der Waals surface area contributed by atoms with Crippen LogP contribution < -0.4 is 16.4 Å². The van der Waals surface area contributed by atoms with Gasteiger partial charge < -0.3 is 26.0 Å². The third kappa shape index (κ3) is 8.25. The number of nitrogens with two attached hydrogens (primary N) is 1. The maximum absolute atomic E-state index is 15.7. The van der Waals surface area contributed by atoms with Gasteiger partial charge in [-0.25, -0.2) is 14.4 Å². The smallest absolute Gasteiger partial charge is 0.253 e. The Balaban J connectivity index is 1.43. The molecule has 0 aliphatic carbocycles. The number of amides is 1. The van der Waals surface area contributed by atoms with Crippen LogP contribution in [0, 0.1) is 6.92 Å². The van der Waals surface area contributed by atoms with E-state index < -0.39 is 11.7 Å². The van der Waals surface area contributed by atoms with E-state index in [4.69, 9.17) is 10.5 Å². The molecule has 3 aromatic rings. The number of thiazole rings is 1. The van der Waals surface area contributed by atoms with Crippen molar-refractivity contribution >= 4 is 40.0 Å². The van der Waals surface area contributed by atoms with Crippen molar-refractivity contribution in [3.63, 3.8) is 0 Å². The van der Waals surface area contributed by atoms with Gasteiger partial charge in [0, 0.05) is 44.2 Å². The van der Waals surface area contributed by atoms with Gasteiger partial charge in [-0.05, 0) is 80.5 Å². The highest BCUT2D eigenvalue weighted by Gasteiger charge is 2.37. The zero-order valence-electron chi connectivity index (χ0n) is 23.8. The zero-order valence-corrected chi connectivity index (χ0v) is 25.4. The van der Waals surface area contributed by atoms with Gasteiger partial charge in [0.25, 0.3) is 5.91 Å². The van der Waals surface area contributed by atoms with Crippen molar-refractivity contribution in [3.05, 3.63) is 95.3 Å². The molecule has 42 heavy (non-hydrogen) atoms. The Kier molecular flexibility index (Phi) is 11.2. The van der Waals surface area contributed by atoms with E-state index in [9.17, 15) is 4.79 Å². The maximum Gasteiger partial charge on any atom is 0.253 e. The summed E-state index contributed by atoms with van der Waals surface area (Å²) >= 11 is 2.45. The Bertz CT molecular complexity index is 1420. The Hall–Kier alpha value is -3.58. The average molecular weight is 610 g/mol. The first-order chi connectivity index (χ1) is 20.3. The van der Waals surface area contributed by atoms with Crippen LogP contribution in [0.15, 0.2) is 88.4 Å². The zero-order chi connectivity index (χ0) is 30.0. The number of nitrogens with zero attached hydrogens (tertiary/aromatic N) is 4. The number of likely N-dealkylation sites (tertiary alicyclic amines) is 1. The quantitative estimate of drug-likeness (QED) is 0.138. The summed E-state index contributed by atoms with van der Waals surface area (Å²) in [4.78, 5) is 28.5. The van der Waals surface area contributed by atoms with E-state index in [0.29, 0.717) is 28.3 Å². The summed E-state index contributed by atoms with van der Waals surface area (Å²) in [5, 5.41) is 6.72. The van der Waals surface area contributed by atoms with Crippen molar-refractivity contribution in [1.82, 2.24) is 25.2 Å². The molecule has 0 unspecified atom stereocenters. The van der Waals surface area contributed by atoms with Crippen LogP contribution in [0.1, 0.15) is 24.0 Å². The molecular weight excluding hydrogens is 574 g/mol. The number of pyridine rings is 2. The Morgan fingerprint density at radius 1 is 1.26 bits per heavy atom. The number of piperidine rings is 1. The Morgan fingerprint density at radius 3 is 2.71 bits per heavy atom. The molecule has 1 aliphatic heterocycles. The Morgan fingerprint density at radius 2 is 2.02 bits per heavy atom. The number of allylic oxidation sites excluding steroid dienone is 1.